The molecule has 5 nitrogen and oxygen atoms in total. The number of amides is 3. The third-order valence-electron chi connectivity index (χ3n) is 4.66. The minimum atomic E-state index is -0.312. The molecule has 0 bridgehead atoms. The predicted octanol–water partition coefficient (Wildman–Crippen LogP) is 3.86. The lowest BCUT2D eigenvalue weighted by Crippen LogP contribution is -2.32. The number of carbonyl (C=O) groups is 2. The number of nitrogens with one attached hydrogen (secondary N) is 2. The second-order valence-corrected chi connectivity index (χ2v) is 6.79. The van der Waals surface area contributed by atoms with Crippen molar-refractivity contribution in [1.29, 1.82) is 0 Å². The lowest BCUT2D eigenvalue weighted by atomic mass is 10.1. The number of urea groups is 1. The molecule has 0 atom stereocenters. The molecule has 1 saturated heterocycles. The summed E-state index contributed by atoms with van der Waals surface area (Å²) in [4.78, 5) is 27.0. The van der Waals surface area contributed by atoms with Gasteiger partial charge in [0.05, 0.1) is 11.3 Å². The fraction of sp³-hybridized carbons (Fsp3) is 0.333. The lowest BCUT2D eigenvalue weighted by molar-refractivity contribution is 0.0793. The standard InChI is InChI=1S/C21H25N3O2/c1-15-7-5-9-17(13-15)14-22-21(26)23-18-10-6-8-16(2)19(18)20(25)24-11-3-4-12-24/h5-10,13H,3-4,11-12,14H2,1-2H3,(H2,22,23,26). The fourth-order valence-electron chi connectivity index (χ4n) is 3.31. The quantitative estimate of drug-likeness (QED) is 0.879. The number of carbonyl (C=O) groups excluding carboxylic acids is 2. The van der Waals surface area contributed by atoms with E-state index in [1.807, 2.05) is 55.1 Å². The van der Waals surface area contributed by atoms with E-state index < -0.39 is 0 Å². The van der Waals surface area contributed by atoms with Crippen molar-refractivity contribution in [3.05, 3.63) is 64.7 Å². The number of benzene rings is 2. The number of aryl methyl sites for hydroxylation is 2. The maximum Gasteiger partial charge on any atom is 0.319 e. The first-order valence-electron chi connectivity index (χ1n) is 9.04. The third kappa shape index (κ3) is 4.23. The van der Waals surface area contributed by atoms with E-state index in [4.69, 9.17) is 0 Å². The molecule has 3 rings (SSSR count). The molecule has 1 heterocycles. The normalized spacial score (nSPS) is 13.5. The van der Waals surface area contributed by atoms with Gasteiger partial charge in [-0.2, -0.15) is 0 Å². The first kappa shape index (κ1) is 18.0. The summed E-state index contributed by atoms with van der Waals surface area (Å²) in [6.45, 7) is 5.93. The SMILES string of the molecule is Cc1cccc(CNC(=O)Nc2cccc(C)c2C(=O)N2CCCC2)c1. The molecule has 2 N–H and O–H groups in total. The zero-order chi connectivity index (χ0) is 18.5. The van der Waals surface area contributed by atoms with Crippen LogP contribution >= 0.6 is 0 Å². The number of rotatable bonds is 4. The van der Waals surface area contributed by atoms with Gasteiger partial charge in [0.25, 0.3) is 5.91 Å². The Morgan fingerprint density at radius 1 is 1.04 bits per heavy atom. The zero-order valence-corrected chi connectivity index (χ0v) is 15.3. The molecule has 0 spiro atoms. The van der Waals surface area contributed by atoms with Crippen LogP contribution < -0.4 is 10.6 Å². The van der Waals surface area contributed by atoms with E-state index in [-0.39, 0.29) is 11.9 Å². The van der Waals surface area contributed by atoms with Crippen LogP contribution in [0.5, 0.6) is 0 Å². The molecule has 0 aliphatic carbocycles. The van der Waals surface area contributed by atoms with Gasteiger partial charge < -0.3 is 15.5 Å². The molecule has 0 radical (unpaired) electrons. The molecule has 1 aliphatic heterocycles. The van der Waals surface area contributed by atoms with Crippen molar-refractivity contribution in [2.24, 2.45) is 0 Å². The van der Waals surface area contributed by atoms with Gasteiger partial charge in [-0.25, -0.2) is 4.79 Å². The lowest BCUT2D eigenvalue weighted by Gasteiger charge is -2.20. The smallest absolute Gasteiger partial charge is 0.319 e. The molecule has 3 amide bonds. The Labute approximate surface area is 154 Å². The van der Waals surface area contributed by atoms with Gasteiger partial charge >= 0.3 is 6.03 Å². The molecule has 1 aliphatic rings. The van der Waals surface area contributed by atoms with Crippen LogP contribution in [0.3, 0.4) is 0 Å². The van der Waals surface area contributed by atoms with E-state index in [0.717, 1.165) is 42.6 Å². The van der Waals surface area contributed by atoms with E-state index in [2.05, 4.69) is 10.6 Å². The van der Waals surface area contributed by atoms with Crippen LogP contribution in [0, 0.1) is 13.8 Å². The van der Waals surface area contributed by atoms with E-state index in [0.29, 0.717) is 17.8 Å². The highest BCUT2D eigenvalue weighted by molar-refractivity contribution is 6.04. The maximum atomic E-state index is 12.8. The van der Waals surface area contributed by atoms with Gasteiger partial charge in [-0.15, -0.1) is 0 Å². The topological polar surface area (TPSA) is 61.4 Å². The van der Waals surface area contributed by atoms with Crippen LogP contribution in [0.25, 0.3) is 0 Å². The predicted molar refractivity (Wildman–Crippen MR) is 103 cm³/mol. The van der Waals surface area contributed by atoms with Gasteiger partial charge in [0.15, 0.2) is 0 Å². The molecule has 5 heteroatoms. The molecular formula is C21H25N3O2. The molecule has 2 aromatic carbocycles. The summed E-state index contributed by atoms with van der Waals surface area (Å²) in [5, 5.41) is 5.70. The van der Waals surface area contributed by atoms with Gasteiger partial charge in [0.2, 0.25) is 0 Å². The number of hydrogen-bond donors (Lipinski definition) is 2. The van der Waals surface area contributed by atoms with Crippen LogP contribution in [0.4, 0.5) is 10.5 Å². The number of nitrogens with zero attached hydrogens (tertiary/aromatic N) is 1. The summed E-state index contributed by atoms with van der Waals surface area (Å²) in [7, 11) is 0. The van der Waals surface area contributed by atoms with Crippen molar-refractivity contribution in [3.63, 3.8) is 0 Å². The average molecular weight is 351 g/mol. The van der Waals surface area contributed by atoms with Crippen molar-refractivity contribution in [2.75, 3.05) is 18.4 Å². The summed E-state index contributed by atoms with van der Waals surface area (Å²) >= 11 is 0. The largest absolute Gasteiger partial charge is 0.339 e. The molecular weight excluding hydrogens is 326 g/mol. The van der Waals surface area contributed by atoms with Crippen molar-refractivity contribution in [2.45, 2.75) is 33.2 Å². The fourth-order valence-corrected chi connectivity index (χ4v) is 3.31. The third-order valence-corrected chi connectivity index (χ3v) is 4.66. The maximum absolute atomic E-state index is 12.8. The highest BCUT2D eigenvalue weighted by Crippen LogP contribution is 2.23. The highest BCUT2D eigenvalue weighted by Gasteiger charge is 2.24. The Kier molecular flexibility index (Phi) is 5.56. The number of anilines is 1. The van der Waals surface area contributed by atoms with Crippen LogP contribution in [-0.2, 0) is 6.54 Å². The van der Waals surface area contributed by atoms with Gasteiger partial charge in [-0.1, -0.05) is 42.0 Å². The summed E-state index contributed by atoms with van der Waals surface area (Å²) in [5.41, 5.74) is 4.21. The Hall–Kier alpha value is -2.82. The molecule has 2 aromatic rings. The van der Waals surface area contributed by atoms with Crippen LogP contribution in [-0.4, -0.2) is 29.9 Å². The van der Waals surface area contributed by atoms with E-state index in [9.17, 15) is 9.59 Å². The molecule has 0 saturated carbocycles. The molecule has 136 valence electrons. The van der Waals surface area contributed by atoms with Gasteiger partial charge in [-0.05, 0) is 43.9 Å². The first-order chi connectivity index (χ1) is 12.5. The second-order valence-electron chi connectivity index (χ2n) is 6.79. The van der Waals surface area contributed by atoms with Crippen molar-refractivity contribution >= 4 is 17.6 Å². The minimum absolute atomic E-state index is 0.00501. The highest BCUT2D eigenvalue weighted by atomic mass is 16.2. The van der Waals surface area contributed by atoms with Crippen LogP contribution in [0.15, 0.2) is 42.5 Å². The molecule has 0 unspecified atom stereocenters. The van der Waals surface area contributed by atoms with Gasteiger partial charge in [-0.3, -0.25) is 4.79 Å². The zero-order valence-electron chi connectivity index (χ0n) is 15.3. The average Bonchev–Trinajstić information content (AvgIpc) is 3.14. The van der Waals surface area contributed by atoms with E-state index in [1.165, 1.54) is 0 Å². The van der Waals surface area contributed by atoms with Crippen LogP contribution in [0.2, 0.25) is 0 Å². The minimum Gasteiger partial charge on any atom is -0.339 e. The van der Waals surface area contributed by atoms with Gasteiger partial charge in [0.1, 0.15) is 0 Å². The van der Waals surface area contributed by atoms with Crippen LogP contribution in [0.1, 0.15) is 39.9 Å². The molecule has 1 fully saturated rings. The Balaban J connectivity index is 1.69. The Morgan fingerprint density at radius 3 is 2.50 bits per heavy atom. The van der Waals surface area contributed by atoms with E-state index in [1.54, 1.807) is 6.07 Å². The Morgan fingerprint density at radius 2 is 1.77 bits per heavy atom. The first-order valence-corrected chi connectivity index (χ1v) is 9.04. The summed E-state index contributed by atoms with van der Waals surface area (Å²) in [6.07, 6.45) is 2.08. The van der Waals surface area contributed by atoms with E-state index >= 15 is 0 Å². The van der Waals surface area contributed by atoms with Crippen molar-refractivity contribution in [1.82, 2.24) is 10.2 Å². The number of likely N-dealkylation sites (tertiary alicyclic amines) is 1. The van der Waals surface area contributed by atoms with Crippen molar-refractivity contribution in [3.8, 4) is 0 Å². The summed E-state index contributed by atoms with van der Waals surface area (Å²) < 4.78 is 0. The van der Waals surface area contributed by atoms with Crippen molar-refractivity contribution < 1.29 is 9.59 Å². The molecule has 0 aromatic heterocycles. The monoisotopic (exact) mass is 351 g/mol. The van der Waals surface area contributed by atoms with Gasteiger partial charge in [0, 0.05) is 19.6 Å². The Bertz CT molecular complexity index is 811. The molecule has 26 heavy (non-hydrogen) atoms. The number of hydrogen-bond acceptors (Lipinski definition) is 2. The summed E-state index contributed by atoms with van der Waals surface area (Å²) in [5.74, 6) is -0.00501. The summed E-state index contributed by atoms with van der Waals surface area (Å²) in [6, 6.07) is 13.2. The second kappa shape index (κ2) is 8.04.